The van der Waals surface area contributed by atoms with Crippen LogP contribution < -0.4 is 10.2 Å². The molecule has 0 aliphatic heterocycles. The lowest BCUT2D eigenvalue weighted by Crippen LogP contribution is -2.24. The molecule has 0 unspecified atom stereocenters. The van der Waals surface area contributed by atoms with E-state index in [1.807, 2.05) is 0 Å². The van der Waals surface area contributed by atoms with E-state index in [9.17, 15) is 20.0 Å². The van der Waals surface area contributed by atoms with Crippen LogP contribution in [-0.4, -0.2) is 28.8 Å². The fraction of sp³-hybridized carbons (Fsp3) is 0.0667. The Balaban J connectivity index is 1.89. The van der Waals surface area contributed by atoms with Crippen molar-refractivity contribution in [2.24, 2.45) is 5.10 Å². The van der Waals surface area contributed by atoms with Crippen LogP contribution in [-0.2, 0) is 4.79 Å². The van der Waals surface area contributed by atoms with Crippen LogP contribution in [0.15, 0.2) is 52.0 Å². The molecule has 0 atom stereocenters. The maximum Gasteiger partial charge on any atom is 0.277 e. The van der Waals surface area contributed by atoms with Crippen molar-refractivity contribution in [2.45, 2.75) is 0 Å². The number of nitro groups is 1. The number of nitro benzene ring substituents is 1. The van der Waals surface area contributed by atoms with Crippen molar-refractivity contribution in [2.75, 3.05) is 6.61 Å². The molecule has 1 amide bonds. The number of nitrogens with zero attached hydrogens (tertiary/aromatic N) is 2. The van der Waals surface area contributed by atoms with Crippen molar-refractivity contribution >= 4 is 33.7 Å². The largest absolute Gasteiger partial charge is 0.507 e. The summed E-state index contributed by atoms with van der Waals surface area (Å²) in [7, 11) is 0. The number of hydrazone groups is 1. The third kappa shape index (κ3) is 5.06. The third-order valence-electron chi connectivity index (χ3n) is 2.80. The van der Waals surface area contributed by atoms with E-state index in [1.54, 1.807) is 24.3 Å². The molecule has 0 aromatic heterocycles. The zero-order chi connectivity index (χ0) is 17.5. The van der Waals surface area contributed by atoms with Gasteiger partial charge in [0.1, 0.15) is 11.5 Å². The number of amides is 1. The molecule has 0 saturated heterocycles. The summed E-state index contributed by atoms with van der Waals surface area (Å²) in [5.41, 5.74) is 2.12. The topological polar surface area (TPSA) is 114 Å². The summed E-state index contributed by atoms with van der Waals surface area (Å²) in [4.78, 5) is 21.7. The van der Waals surface area contributed by atoms with Gasteiger partial charge in [0.2, 0.25) is 0 Å². The number of rotatable bonds is 6. The molecular formula is C15H12BrN3O5. The summed E-state index contributed by atoms with van der Waals surface area (Å²) < 4.78 is 6.14. The Bertz CT molecular complexity index is 777. The maximum atomic E-state index is 11.6. The van der Waals surface area contributed by atoms with E-state index in [0.717, 1.165) is 22.8 Å². The molecule has 24 heavy (non-hydrogen) atoms. The number of hydrogen-bond acceptors (Lipinski definition) is 6. The minimum Gasteiger partial charge on any atom is -0.507 e. The Hall–Kier alpha value is -2.94. The van der Waals surface area contributed by atoms with Gasteiger partial charge in [0, 0.05) is 22.2 Å². The minimum absolute atomic E-state index is 0.110. The molecule has 0 aliphatic rings. The van der Waals surface area contributed by atoms with E-state index in [1.165, 1.54) is 6.07 Å². The molecule has 2 aromatic rings. The average Bonchev–Trinajstić information content (AvgIpc) is 2.56. The summed E-state index contributed by atoms with van der Waals surface area (Å²) in [6.45, 7) is -0.250. The smallest absolute Gasteiger partial charge is 0.277 e. The van der Waals surface area contributed by atoms with Gasteiger partial charge in [-0.05, 0) is 30.3 Å². The van der Waals surface area contributed by atoms with Gasteiger partial charge in [-0.25, -0.2) is 5.43 Å². The van der Waals surface area contributed by atoms with Crippen molar-refractivity contribution in [1.29, 1.82) is 0 Å². The van der Waals surface area contributed by atoms with Gasteiger partial charge in [0.25, 0.3) is 11.6 Å². The SMILES string of the molecule is O=C(COc1ccc(Br)cc1)N/N=C/c1cc([N+](=O)[O-])ccc1O. The molecular weight excluding hydrogens is 382 g/mol. The van der Waals surface area contributed by atoms with Gasteiger partial charge in [-0.15, -0.1) is 0 Å². The van der Waals surface area contributed by atoms with Crippen molar-refractivity contribution in [3.05, 3.63) is 62.6 Å². The molecule has 2 N–H and O–H groups in total. The van der Waals surface area contributed by atoms with E-state index in [0.29, 0.717) is 5.75 Å². The fourth-order valence-electron chi connectivity index (χ4n) is 1.64. The summed E-state index contributed by atoms with van der Waals surface area (Å²) in [5, 5.41) is 23.9. The number of phenols is 1. The van der Waals surface area contributed by atoms with Gasteiger partial charge >= 0.3 is 0 Å². The minimum atomic E-state index is -0.596. The number of carbonyl (C=O) groups is 1. The van der Waals surface area contributed by atoms with E-state index in [2.05, 4.69) is 26.5 Å². The Kier molecular flexibility index (Phi) is 5.85. The van der Waals surface area contributed by atoms with E-state index in [-0.39, 0.29) is 23.6 Å². The maximum absolute atomic E-state index is 11.6. The van der Waals surface area contributed by atoms with Gasteiger partial charge in [0.05, 0.1) is 11.1 Å². The number of halogens is 1. The number of hydrogen-bond donors (Lipinski definition) is 2. The van der Waals surface area contributed by atoms with Crippen LogP contribution in [0.1, 0.15) is 5.56 Å². The van der Waals surface area contributed by atoms with Crippen LogP contribution in [0.3, 0.4) is 0 Å². The second-order valence-corrected chi connectivity index (χ2v) is 5.45. The first kappa shape index (κ1) is 17.4. The van der Waals surface area contributed by atoms with E-state index < -0.39 is 10.8 Å². The molecule has 0 saturated carbocycles. The zero-order valence-electron chi connectivity index (χ0n) is 12.2. The van der Waals surface area contributed by atoms with Crippen LogP contribution >= 0.6 is 15.9 Å². The van der Waals surface area contributed by atoms with Crippen molar-refractivity contribution in [3.63, 3.8) is 0 Å². The highest BCUT2D eigenvalue weighted by Gasteiger charge is 2.09. The lowest BCUT2D eigenvalue weighted by atomic mass is 10.2. The third-order valence-corrected chi connectivity index (χ3v) is 3.33. The number of aromatic hydroxyl groups is 1. The number of benzene rings is 2. The summed E-state index contributed by atoms with van der Waals surface area (Å²) in [6, 6.07) is 10.4. The van der Waals surface area contributed by atoms with Gasteiger partial charge in [-0.2, -0.15) is 5.10 Å². The predicted molar refractivity (Wildman–Crippen MR) is 90.1 cm³/mol. The Morgan fingerprint density at radius 2 is 2.04 bits per heavy atom. The second-order valence-electron chi connectivity index (χ2n) is 4.54. The first-order valence-electron chi connectivity index (χ1n) is 6.63. The van der Waals surface area contributed by atoms with Crippen molar-refractivity contribution in [1.82, 2.24) is 5.43 Å². The summed E-state index contributed by atoms with van der Waals surface area (Å²) in [6.07, 6.45) is 1.11. The average molecular weight is 394 g/mol. The predicted octanol–water partition coefficient (Wildman–Crippen LogP) is 2.59. The standard InChI is InChI=1S/C15H12BrN3O5/c16-11-1-4-13(5-2-11)24-9-15(21)18-17-8-10-7-12(19(22)23)3-6-14(10)20/h1-8,20H,9H2,(H,18,21)/b17-8+. The normalized spacial score (nSPS) is 10.5. The molecule has 2 aromatic carbocycles. The summed E-state index contributed by atoms with van der Waals surface area (Å²) >= 11 is 3.29. The van der Waals surface area contributed by atoms with Crippen LogP contribution in [0.4, 0.5) is 5.69 Å². The van der Waals surface area contributed by atoms with Crippen LogP contribution in [0.25, 0.3) is 0 Å². The second kappa shape index (κ2) is 8.06. The number of phenolic OH excluding ortho intramolecular Hbond substituents is 1. The Morgan fingerprint density at radius 1 is 1.33 bits per heavy atom. The van der Waals surface area contributed by atoms with Crippen LogP contribution in [0, 0.1) is 10.1 Å². The molecule has 124 valence electrons. The highest BCUT2D eigenvalue weighted by molar-refractivity contribution is 9.10. The Labute approximate surface area is 145 Å². The highest BCUT2D eigenvalue weighted by atomic mass is 79.9. The molecule has 8 nitrogen and oxygen atoms in total. The molecule has 0 radical (unpaired) electrons. The van der Waals surface area contributed by atoms with Gasteiger partial charge < -0.3 is 9.84 Å². The quantitative estimate of drug-likeness (QED) is 0.444. The van der Waals surface area contributed by atoms with Crippen LogP contribution in [0.5, 0.6) is 11.5 Å². The van der Waals surface area contributed by atoms with Gasteiger partial charge in [0.15, 0.2) is 6.61 Å². The molecule has 0 aliphatic carbocycles. The first-order chi connectivity index (χ1) is 11.5. The molecule has 0 bridgehead atoms. The highest BCUT2D eigenvalue weighted by Crippen LogP contribution is 2.21. The summed E-state index contributed by atoms with van der Waals surface area (Å²) in [5.74, 6) is -0.183. The molecule has 0 heterocycles. The number of non-ortho nitro benzene ring substituents is 1. The number of ether oxygens (including phenoxy) is 1. The number of carbonyl (C=O) groups excluding carboxylic acids is 1. The monoisotopic (exact) mass is 393 g/mol. The number of nitrogens with one attached hydrogen (secondary N) is 1. The molecule has 0 fully saturated rings. The fourth-order valence-corrected chi connectivity index (χ4v) is 1.91. The first-order valence-corrected chi connectivity index (χ1v) is 7.42. The molecule has 0 spiro atoms. The van der Waals surface area contributed by atoms with E-state index in [4.69, 9.17) is 4.74 Å². The lowest BCUT2D eigenvalue weighted by Gasteiger charge is -2.04. The van der Waals surface area contributed by atoms with Gasteiger partial charge in [-0.1, -0.05) is 15.9 Å². The van der Waals surface area contributed by atoms with Crippen molar-refractivity contribution < 1.29 is 19.6 Å². The zero-order valence-corrected chi connectivity index (χ0v) is 13.8. The molecule has 9 heteroatoms. The van der Waals surface area contributed by atoms with Gasteiger partial charge in [-0.3, -0.25) is 14.9 Å². The lowest BCUT2D eigenvalue weighted by molar-refractivity contribution is -0.384. The molecule has 2 rings (SSSR count). The Morgan fingerprint density at radius 3 is 2.71 bits per heavy atom. The van der Waals surface area contributed by atoms with Crippen LogP contribution in [0.2, 0.25) is 0 Å². The van der Waals surface area contributed by atoms with E-state index >= 15 is 0 Å². The van der Waals surface area contributed by atoms with Crippen molar-refractivity contribution in [3.8, 4) is 11.5 Å².